The van der Waals surface area contributed by atoms with E-state index in [0.717, 1.165) is 5.41 Å². The minimum Gasteiger partial charge on any atom is -0.414 e. The first-order valence-electron chi connectivity index (χ1n) is 12.4. The Labute approximate surface area is 219 Å². The molecule has 1 aromatic rings. The van der Waals surface area contributed by atoms with Crippen molar-refractivity contribution >= 4 is 32.6 Å². The van der Waals surface area contributed by atoms with E-state index in [4.69, 9.17) is 17.8 Å². The van der Waals surface area contributed by atoms with Crippen molar-refractivity contribution in [2.45, 2.75) is 102 Å². The van der Waals surface area contributed by atoms with Crippen LogP contribution < -0.4 is 16.6 Å². The lowest BCUT2D eigenvalue weighted by Gasteiger charge is -2.43. The standard InChI is InChI=1S/C23H39N3O8SSi2/c1-21(2,3)36(7,8)31-12-15-23-14(13-35(29,30)34-23)24-16-11-17(27)25-20(28)26(16)19(32-15)18(23)33-37(9,10)22(4,5)6/h11,13,15,18-19,24H,12H2,1-10H3,(H,25,27,28)/t15-,18+,19-,23-/m1/s1. The van der Waals surface area contributed by atoms with Crippen LogP contribution >= 0.6 is 0 Å². The van der Waals surface area contributed by atoms with Crippen molar-refractivity contribution in [2.24, 2.45) is 0 Å². The summed E-state index contributed by atoms with van der Waals surface area (Å²) in [6.45, 7) is 20.8. The molecule has 0 unspecified atom stereocenters. The van der Waals surface area contributed by atoms with E-state index in [1.165, 1.54) is 10.6 Å². The Morgan fingerprint density at radius 3 is 2.22 bits per heavy atom. The average molecular weight is 574 g/mol. The Hall–Kier alpha value is -1.56. The summed E-state index contributed by atoms with van der Waals surface area (Å²) in [6.07, 6.45) is -3.00. The number of nitrogens with one attached hydrogen (secondary N) is 2. The number of hydrogen-bond donors (Lipinski definition) is 2. The van der Waals surface area contributed by atoms with Gasteiger partial charge in [-0.1, -0.05) is 41.5 Å². The van der Waals surface area contributed by atoms with Crippen LogP contribution in [0.2, 0.25) is 36.3 Å². The van der Waals surface area contributed by atoms with E-state index >= 15 is 0 Å². The van der Waals surface area contributed by atoms with Crippen molar-refractivity contribution in [1.29, 1.82) is 0 Å². The van der Waals surface area contributed by atoms with Crippen LogP contribution in [0.3, 0.4) is 0 Å². The molecule has 4 rings (SSSR count). The Kier molecular flexibility index (Phi) is 6.51. The number of H-pyrrole nitrogens is 1. The molecule has 2 bridgehead atoms. The van der Waals surface area contributed by atoms with Gasteiger partial charge in [0.15, 0.2) is 28.5 Å². The van der Waals surface area contributed by atoms with Crippen molar-refractivity contribution < 1.29 is 26.2 Å². The molecule has 4 atom stereocenters. The van der Waals surface area contributed by atoms with Gasteiger partial charge in [0, 0.05) is 6.07 Å². The molecule has 0 aliphatic carbocycles. The maximum atomic E-state index is 13.1. The third-order valence-electron chi connectivity index (χ3n) is 8.52. The van der Waals surface area contributed by atoms with Gasteiger partial charge in [-0.2, -0.15) is 8.42 Å². The second-order valence-corrected chi connectivity index (χ2v) is 24.1. The zero-order valence-corrected chi connectivity index (χ0v) is 26.0. The Bertz CT molecular complexity index is 1350. The fraction of sp³-hybridized carbons (Fsp3) is 0.739. The van der Waals surface area contributed by atoms with Crippen molar-refractivity contribution in [3.8, 4) is 0 Å². The summed E-state index contributed by atoms with van der Waals surface area (Å²) in [7, 11) is -8.98. The maximum absolute atomic E-state index is 13.1. The Balaban J connectivity index is 1.92. The van der Waals surface area contributed by atoms with Gasteiger partial charge >= 0.3 is 5.69 Å². The summed E-state index contributed by atoms with van der Waals surface area (Å²) >= 11 is 0. The lowest BCUT2D eigenvalue weighted by atomic mass is 9.89. The minimum absolute atomic E-state index is 0.0341. The summed E-state index contributed by atoms with van der Waals surface area (Å²) < 4.78 is 52.8. The highest BCUT2D eigenvalue weighted by Crippen LogP contribution is 2.54. The summed E-state index contributed by atoms with van der Waals surface area (Å²) in [4.78, 5) is 27.5. The van der Waals surface area contributed by atoms with E-state index in [2.05, 4.69) is 64.9 Å². The summed E-state index contributed by atoms with van der Waals surface area (Å²) in [5, 5.41) is 3.65. The first-order chi connectivity index (χ1) is 16.6. The molecular weight excluding hydrogens is 535 g/mol. The number of nitrogens with zero attached hydrogens (tertiary/aromatic N) is 1. The first kappa shape index (κ1) is 28.5. The van der Waals surface area contributed by atoms with Gasteiger partial charge in [-0.05, 0) is 36.3 Å². The largest absolute Gasteiger partial charge is 0.414 e. The van der Waals surface area contributed by atoms with E-state index in [-0.39, 0.29) is 28.2 Å². The van der Waals surface area contributed by atoms with Crippen molar-refractivity contribution in [3.63, 3.8) is 0 Å². The second kappa shape index (κ2) is 8.47. The van der Waals surface area contributed by atoms with E-state index in [1.54, 1.807) is 0 Å². The predicted octanol–water partition coefficient (Wildman–Crippen LogP) is 3.21. The molecule has 0 saturated carbocycles. The molecule has 0 radical (unpaired) electrons. The highest BCUT2D eigenvalue weighted by molar-refractivity contribution is 7.90. The highest BCUT2D eigenvalue weighted by atomic mass is 32.2. The summed E-state index contributed by atoms with van der Waals surface area (Å²) in [5.41, 5.74) is -2.81. The second-order valence-electron chi connectivity index (χ2n) is 13.1. The third kappa shape index (κ3) is 4.63. The lowest BCUT2D eigenvalue weighted by molar-refractivity contribution is -0.0571. The molecule has 0 aromatic carbocycles. The van der Waals surface area contributed by atoms with Gasteiger partial charge in [-0.15, -0.1) is 0 Å². The van der Waals surface area contributed by atoms with Gasteiger partial charge in [-0.3, -0.25) is 9.78 Å². The number of anilines is 1. The fourth-order valence-electron chi connectivity index (χ4n) is 4.28. The quantitative estimate of drug-likeness (QED) is 0.402. The molecule has 37 heavy (non-hydrogen) atoms. The molecule has 14 heteroatoms. The Morgan fingerprint density at radius 2 is 1.65 bits per heavy atom. The molecule has 11 nitrogen and oxygen atoms in total. The lowest BCUT2D eigenvalue weighted by Crippen LogP contribution is -2.58. The molecule has 0 amide bonds. The number of aromatic amines is 1. The third-order valence-corrected chi connectivity index (χ3v) is 18.5. The monoisotopic (exact) mass is 573 g/mol. The molecule has 4 heterocycles. The molecule has 1 aromatic heterocycles. The number of rotatable bonds is 5. The van der Waals surface area contributed by atoms with Gasteiger partial charge in [0.25, 0.3) is 15.7 Å². The van der Waals surface area contributed by atoms with Crippen LogP contribution in [0.5, 0.6) is 0 Å². The van der Waals surface area contributed by atoms with Gasteiger partial charge in [0.05, 0.1) is 17.7 Å². The molecule has 3 aliphatic rings. The van der Waals surface area contributed by atoms with E-state index in [9.17, 15) is 18.0 Å². The SMILES string of the molecule is CC(C)(C)[Si](C)(C)OC[C@H]1O[C@@H]2[C@H](O[Si](C)(C)C(C)(C)C)[C@]13OS(=O)(=O)C=C3Nc1cc(=O)[nH]c(=O)n12. The normalized spacial score (nSPS) is 29.2. The van der Waals surface area contributed by atoms with Crippen LogP contribution in [0.1, 0.15) is 47.8 Å². The fourth-order valence-corrected chi connectivity index (χ4v) is 7.82. The molecule has 1 saturated heterocycles. The van der Waals surface area contributed by atoms with E-state index < -0.39 is 62.0 Å². The Morgan fingerprint density at radius 1 is 1.05 bits per heavy atom. The molecular formula is C23H39N3O8SSi2. The minimum atomic E-state index is -4.14. The predicted molar refractivity (Wildman–Crippen MR) is 145 cm³/mol. The van der Waals surface area contributed by atoms with Crippen molar-refractivity contribution in [3.05, 3.63) is 38.0 Å². The zero-order valence-electron chi connectivity index (χ0n) is 23.2. The van der Waals surface area contributed by atoms with Crippen molar-refractivity contribution in [2.75, 3.05) is 11.9 Å². The molecule has 2 N–H and O–H groups in total. The first-order valence-corrected chi connectivity index (χ1v) is 19.7. The average Bonchev–Trinajstić information content (AvgIpc) is 3.07. The molecule has 1 spiro atoms. The molecule has 1 fully saturated rings. The van der Waals surface area contributed by atoms with Crippen LogP contribution in [0.25, 0.3) is 0 Å². The van der Waals surface area contributed by atoms with E-state index in [0.29, 0.717) is 0 Å². The van der Waals surface area contributed by atoms with Gasteiger partial charge in [0.2, 0.25) is 0 Å². The molecule has 208 valence electrons. The van der Waals surface area contributed by atoms with Crippen LogP contribution in [-0.2, 0) is 27.9 Å². The topological polar surface area (TPSA) is 138 Å². The van der Waals surface area contributed by atoms with Gasteiger partial charge in [-0.25, -0.2) is 13.5 Å². The summed E-state index contributed by atoms with van der Waals surface area (Å²) in [5.74, 6) is 0.0974. The zero-order chi connectivity index (χ0) is 28.0. The van der Waals surface area contributed by atoms with E-state index in [1.807, 2.05) is 13.1 Å². The number of hydrogen-bond acceptors (Lipinski definition) is 9. The van der Waals surface area contributed by atoms with Crippen LogP contribution in [0, 0.1) is 0 Å². The highest BCUT2D eigenvalue weighted by Gasteiger charge is 2.69. The summed E-state index contributed by atoms with van der Waals surface area (Å²) in [6, 6.07) is 1.19. The number of ether oxygens (including phenoxy) is 1. The van der Waals surface area contributed by atoms with Crippen molar-refractivity contribution in [1.82, 2.24) is 9.55 Å². The smallest absolute Gasteiger partial charge is 0.332 e. The van der Waals surface area contributed by atoms with Crippen LogP contribution in [0.15, 0.2) is 26.8 Å². The molecule has 3 aliphatic heterocycles. The number of fused-ring (bicyclic) bond motifs is 3. The van der Waals surface area contributed by atoms with Gasteiger partial charge < -0.3 is 18.9 Å². The van der Waals surface area contributed by atoms with Gasteiger partial charge in [0.1, 0.15) is 18.0 Å². The van der Waals surface area contributed by atoms with Crippen LogP contribution in [-0.4, -0.2) is 59.0 Å². The maximum Gasteiger partial charge on any atom is 0.332 e. The van der Waals surface area contributed by atoms with Crippen LogP contribution in [0.4, 0.5) is 5.82 Å². The number of aromatic nitrogens is 2.